The van der Waals surface area contributed by atoms with E-state index in [1.165, 1.54) is 29.8 Å². The molecule has 4 rings (SSSR count). The minimum absolute atomic E-state index is 0.337. The fraction of sp³-hybridized carbons (Fsp3) is 0.105. The van der Waals surface area contributed by atoms with Crippen molar-refractivity contribution in [3.8, 4) is 0 Å². The lowest BCUT2D eigenvalue weighted by atomic mass is 10.1. The Morgan fingerprint density at radius 3 is 2.53 bits per heavy atom. The number of rotatable bonds is 5. The number of nitrogens with zero attached hydrogens (tertiary/aromatic N) is 3. The highest BCUT2D eigenvalue weighted by atomic mass is 35.5. The summed E-state index contributed by atoms with van der Waals surface area (Å²) < 4.78 is 37.4. The minimum Gasteiger partial charge on any atom is -0.338 e. The van der Waals surface area contributed by atoms with E-state index in [1.807, 2.05) is 0 Å². The molecule has 1 N–H and O–H groups in total. The van der Waals surface area contributed by atoms with E-state index >= 15 is 0 Å². The molecule has 11 heteroatoms. The van der Waals surface area contributed by atoms with Crippen LogP contribution in [0.15, 0.2) is 47.6 Å². The number of nitrogens with one attached hydrogen (secondary N) is 1. The Morgan fingerprint density at radius 1 is 1.13 bits per heavy atom. The fourth-order valence-electron chi connectivity index (χ4n) is 2.83. The van der Waals surface area contributed by atoms with Crippen LogP contribution in [-0.2, 0) is 16.3 Å². The Bertz CT molecular complexity index is 1360. The van der Waals surface area contributed by atoms with Gasteiger partial charge in [-0.05, 0) is 35.9 Å². The number of aromatic nitrogens is 3. The maximum Gasteiger partial charge on any atom is 0.178 e. The highest BCUT2D eigenvalue weighted by molar-refractivity contribution is 7.90. The summed E-state index contributed by atoms with van der Waals surface area (Å²) in [5, 5.41) is 4.81. The molecule has 2 aromatic carbocycles. The van der Waals surface area contributed by atoms with Crippen LogP contribution in [0, 0.1) is 5.82 Å². The van der Waals surface area contributed by atoms with Crippen LogP contribution in [0.25, 0.3) is 10.3 Å². The molecule has 0 spiro atoms. The summed E-state index contributed by atoms with van der Waals surface area (Å²) in [6.07, 6.45) is 2.75. The summed E-state index contributed by atoms with van der Waals surface area (Å²) in [5.41, 5.74) is 1.61. The van der Waals surface area contributed by atoms with E-state index in [9.17, 15) is 12.8 Å². The van der Waals surface area contributed by atoms with Gasteiger partial charge in [-0.15, -0.1) is 0 Å². The number of benzene rings is 2. The Balaban J connectivity index is 1.67. The Hall–Kier alpha value is -2.33. The lowest BCUT2D eigenvalue weighted by molar-refractivity contribution is 0.571. The quantitative estimate of drug-likeness (QED) is 0.416. The smallest absolute Gasteiger partial charge is 0.178 e. The number of hydrogen-bond acceptors (Lipinski definition) is 7. The monoisotopic (exact) mass is 482 g/mol. The van der Waals surface area contributed by atoms with Crippen LogP contribution < -0.4 is 5.32 Å². The predicted octanol–water partition coefficient (Wildman–Crippen LogP) is 5.27. The second-order valence-corrected chi connectivity index (χ2v) is 10.3. The number of hydrogen-bond donors (Lipinski definition) is 1. The first-order valence-corrected chi connectivity index (χ1v) is 12.0. The normalized spacial score (nSPS) is 11.7. The van der Waals surface area contributed by atoms with Gasteiger partial charge in [0.15, 0.2) is 15.7 Å². The molecule has 2 heterocycles. The molecular weight excluding hydrogens is 470 g/mol. The van der Waals surface area contributed by atoms with Gasteiger partial charge in [0.1, 0.15) is 32.4 Å². The lowest BCUT2D eigenvalue weighted by Crippen LogP contribution is -2.02. The molecule has 2 aromatic heterocycles. The van der Waals surface area contributed by atoms with Crippen molar-refractivity contribution in [3.63, 3.8) is 0 Å². The molecule has 0 unspecified atom stereocenters. The molecule has 0 saturated carbocycles. The third-order valence-electron chi connectivity index (χ3n) is 4.22. The average molecular weight is 483 g/mol. The summed E-state index contributed by atoms with van der Waals surface area (Å²) >= 11 is 13.9. The van der Waals surface area contributed by atoms with Crippen LogP contribution in [-0.4, -0.2) is 29.6 Å². The van der Waals surface area contributed by atoms with E-state index in [1.54, 1.807) is 18.2 Å². The SMILES string of the molecule is CS(=O)(=O)c1ccc(Nc2ncnc3sc(Cc4c(Cl)cccc4Cl)nc23)cc1F. The second kappa shape index (κ2) is 8.07. The first kappa shape index (κ1) is 20.9. The summed E-state index contributed by atoms with van der Waals surface area (Å²) in [6, 6.07) is 9.06. The molecule has 0 saturated heterocycles. The third kappa shape index (κ3) is 4.24. The van der Waals surface area contributed by atoms with Gasteiger partial charge in [0.2, 0.25) is 0 Å². The van der Waals surface area contributed by atoms with Gasteiger partial charge in [-0.2, -0.15) is 0 Å². The Labute approximate surface area is 185 Å². The van der Waals surface area contributed by atoms with E-state index in [0.717, 1.165) is 22.9 Å². The number of thiazole rings is 1. The van der Waals surface area contributed by atoms with Crippen LogP contribution in [0.5, 0.6) is 0 Å². The van der Waals surface area contributed by atoms with Gasteiger partial charge in [-0.1, -0.05) is 40.6 Å². The zero-order valence-electron chi connectivity index (χ0n) is 15.4. The largest absolute Gasteiger partial charge is 0.338 e. The zero-order chi connectivity index (χ0) is 21.5. The third-order valence-corrected chi connectivity index (χ3v) is 7.03. The van der Waals surface area contributed by atoms with Crippen molar-refractivity contribution in [1.29, 1.82) is 0 Å². The highest BCUT2D eigenvalue weighted by Gasteiger charge is 2.16. The van der Waals surface area contributed by atoms with Gasteiger partial charge >= 0.3 is 0 Å². The standard InChI is InChI=1S/C19H13Cl2FN4O2S2/c1-30(27,28)15-6-5-10(7-14(15)22)25-18-17-19(24-9-23-18)29-16(26-17)8-11-12(20)3-2-4-13(11)21/h2-7,9H,8H2,1H3,(H,23,24,25). The Kier molecular flexibility index (Phi) is 5.63. The van der Waals surface area contributed by atoms with Gasteiger partial charge in [-0.3, -0.25) is 0 Å². The van der Waals surface area contributed by atoms with Gasteiger partial charge < -0.3 is 5.32 Å². The number of anilines is 2. The summed E-state index contributed by atoms with van der Waals surface area (Å²) in [5.74, 6) is -0.473. The van der Waals surface area contributed by atoms with Gasteiger partial charge in [-0.25, -0.2) is 27.8 Å². The van der Waals surface area contributed by atoms with Crippen LogP contribution in [0.4, 0.5) is 15.9 Å². The maximum atomic E-state index is 14.2. The van der Waals surface area contributed by atoms with Gasteiger partial charge in [0.05, 0.1) is 0 Å². The van der Waals surface area contributed by atoms with Crippen molar-refractivity contribution < 1.29 is 12.8 Å². The van der Waals surface area contributed by atoms with Gasteiger partial charge in [0, 0.05) is 28.4 Å². The molecule has 0 radical (unpaired) electrons. The van der Waals surface area contributed by atoms with E-state index in [-0.39, 0.29) is 4.90 Å². The van der Waals surface area contributed by atoms with Crippen LogP contribution in [0.1, 0.15) is 10.6 Å². The number of halogens is 3. The van der Waals surface area contributed by atoms with Crippen molar-refractivity contribution in [2.75, 3.05) is 11.6 Å². The molecule has 0 amide bonds. The van der Waals surface area contributed by atoms with Crippen molar-refractivity contribution in [2.45, 2.75) is 11.3 Å². The molecule has 0 bridgehead atoms. The fourth-order valence-corrected chi connectivity index (χ4v) is 5.01. The minimum atomic E-state index is -3.65. The molecule has 6 nitrogen and oxygen atoms in total. The molecular formula is C19H13Cl2FN4O2S2. The molecule has 154 valence electrons. The van der Waals surface area contributed by atoms with E-state index in [4.69, 9.17) is 23.2 Å². The van der Waals surface area contributed by atoms with Crippen molar-refractivity contribution in [3.05, 3.63) is 69.2 Å². The van der Waals surface area contributed by atoms with Gasteiger partial charge in [0.25, 0.3) is 0 Å². The lowest BCUT2D eigenvalue weighted by Gasteiger charge is -2.07. The van der Waals surface area contributed by atoms with E-state index < -0.39 is 15.7 Å². The topological polar surface area (TPSA) is 84.8 Å². The van der Waals surface area contributed by atoms with Crippen molar-refractivity contribution >= 4 is 66.2 Å². The van der Waals surface area contributed by atoms with Crippen LogP contribution in [0.3, 0.4) is 0 Å². The van der Waals surface area contributed by atoms with Crippen molar-refractivity contribution in [1.82, 2.24) is 15.0 Å². The summed E-state index contributed by atoms with van der Waals surface area (Å²) in [4.78, 5) is 13.3. The molecule has 30 heavy (non-hydrogen) atoms. The van der Waals surface area contributed by atoms with E-state index in [2.05, 4.69) is 20.3 Å². The zero-order valence-corrected chi connectivity index (χ0v) is 18.5. The summed E-state index contributed by atoms with van der Waals surface area (Å²) in [7, 11) is -3.65. The highest BCUT2D eigenvalue weighted by Crippen LogP contribution is 2.32. The molecule has 0 aliphatic heterocycles. The molecule has 0 aliphatic rings. The molecule has 0 aliphatic carbocycles. The first-order valence-electron chi connectivity index (χ1n) is 8.52. The van der Waals surface area contributed by atoms with Crippen molar-refractivity contribution in [2.24, 2.45) is 0 Å². The maximum absolute atomic E-state index is 14.2. The van der Waals surface area contributed by atoms with Crippen LogP contribution in [0.2, 0.25) is 10.0 Å². The molecule has 0 fully saturated rings. The number of sulfone groups is 1. The van der Waals surface area contributed by atoms with E-state index in [0.29, 0.717) is 38.3 Å². The van der Waals surface area contributed by atoms with Crippen LogP contribution >= 0.6 is 34.5 Å². The Morgan fingerprint density at radius 2 is 1.87 bits per heavy atom. The molecule has 0 atom stereocenters. The number of fused-ring (bicyclic) bond motifs is 1. The first-order chi connectivity index (χ1) is 14.2. The average Bonchev–Trinajstić information content (AvgIpc) is 3.08. The summed E-state index contributed by atoms with van der Waals surface area (Å²) in [6.45, 7) is 0. The predicted molar refractivity (Wildman–Crippen MR) is 117 cm³/mol. The second-order valence-electron chi connectivity index (χ2n) is 6.40. The molecule has 4 aromatic rings.